The van der Waals surface area contributed by atoms with Gasteiger partial charge in [-0.25, -0.2) is 0 Å². The predicted molar refractivity (Wildman–Crippen MR) is 60.7 cm³/mol. The third kappa shape index (κ3) is 1.60. The lowest BCUT2D eigenvalue weighted by Gasteiger charge is -1.96. The van der Waals surface area contributed by atoms with Gasteiger partial charge in [0.2, 0.25) is 0 Å². The van der Waals surface area contributed by atoms with Crippen LogP contribution in [0.3, 0.4) is 0 Å². The van der Waals surface area contributed by atoms with E-state index in [0.29, 0.717) is 17.4 Å². The summed E-state index contributed by atoms with van der Waals surface area (Å²) in [4.78, 5) is 0. The Kier molecular flexibility index (Phi) is 2.20. The SMILES string of the molecule is CC1(C)[C@@H](N)[C@@H]1/C=C/c1ccccc1. The Bertz CT molecular complexity index is 338. The molecule has 14 heavy (non-hydrogen) atoms. The van der Waals surface area contributed by atoms with Crippen LogP contribution in [0.1, 0.15) is 19.4 Å². The molecule has 0 saturated heterocycles. The van der Waals surface area contributed by atoms with Crippen molar-refractivity contribution in [1.29, 1.82) is 0 Å². The Morgan fingerprint density at radius 1 is 1.21 bits per heavy atom. The molecule has 0 radical (unpaired) electrons. The van der Waals surface area contributed by atoms with E-state index < -0.39 is 0 Å². The van der Waals surface area contributed by atoms with Gasteiger partial charge in [0.05, 0.1) is 0 Å². The molecule has 1 aromatic carbocycles. The Labute approximate surface area is 85.6 Å². The molecule has 2 N–H and O–H groups in total. The minimum atomic E-state index is 0.297. The second kappa shape index (κ2) is 3.25. The zero-order chi connectivity index (χ0) is 10.2. The first-order valence-electron chi connectivity index (χ1n) is 5.11. The van der Waals surface area contributed by atoms with Crippen LogP contribution in [0.25, 0.3) is 6.08 Å². The first-order valence-corrected chi connectivity index (χ1v) is 5.11. The van der Waals surface area contributed by atoms with Crippen LogP contribution in [0.2, 0.25) is 0 Å². The Morgan fingerprint density at radius 2 is 1.79 bits per heavy atom. The average molecular weight is 187 g/mol. The molecule has 2 rings (SSSR count). The maximum Gasteiger partial charge on any atom is 0.0166 e. The highest BCUT2D eigenvalue weighted by molar-refractivity contribution is 5.50. The van der Waals surface area contributed by atoms with Gasteiger partial charge in [-0.1, -0.05) is 56.3 Å². The maximum atomic E-state index is 5.96. The minimum absolute atomic E-state index is 0.297. The van der Waals surface area contributed by atoms with Crippen LogP contribution in [-0.4, -0.2) is 6.04 Å². The highest BCUT2D eigenvalue weighted by atomic mass is 14.8. The van der Waals surface area contributed by atoms with E-state index in [-0.39, 0.29) is 0 Å². The highest BCUT2D eigenvalue weighted by Crippen LogP contribution is 2.51. The van der Waals surface area contributed by atoms with E-state index in [9.17, 15) is 0 Å². The molecule has 0 bridgehead atoms. The van der Waals surface area contributed by atoms with Gasteiger partial charge in [0.15, 0.2) is 0 Å². The number of rotatable bonds is 2. The van der Waals surface area contributed by atoms with Crippen molar-refractivity contribution < 1.29 is 0 Å². The van der Waals surface area contributed by atoms with Crippen LogP contribution in [-0.2, 0) is 0 Å². The standard InChI is InChI=1S/C13H17N/c1-13(2)11(12(13)14)9-8-10-6-4-3-5-7-10/h3-9,11-12H,14H2,1-2H3/b9-8+/t11-,12-/m0/s1. The summed E-state index contributed by atoms with van der Waals surface area (Å²) in [7, 11) is 0. The van der Waals surface area contributed by atoms with E-state index in [1.807, 2.05) is 6.07 Å². The molecule has 2 atom stereocenters. The van der Waals surface area contributed by atoms with Crippen LogP contribution in [0, 0.1) is 11.3 Å². The van der Waals surface area contributed by atoms with Crippen molar-refractivity contribution in [3.63, 3.8) is 0 Å². The number of benzene rings is 1. The number of nitrogens with two attached hydrogens (primary N) is 1. The van der Waals surface area contributed by atoms with Gasteiger partial charge in [0, 0.05) is 6.04 Å². The quantitative estimate of drug-likeness (QED) is 0.757. The van der Waals surface area contributed by atoms with Gasteiger partial charge < -0.3 is 5.73 Å². The lowest BCUT2D eigenvalue weighted by molar-refractivity contribution is 0.592. The van der Waals surface area contributed by atoms with E-state index in [4.69, 9.17) is 5.73 Å². The van der Waals surface area contributed by atoms with E-state index in [1.54, 1.807) is 0 Å². The Balaban J connectivity index is 2.03. The molecule has 1 heteroatoms. The number of hydrogen-bond acceptors (Lipinski definition) is 1. The molecule has 1 aliphatic carbocycles. The summed E-state index contributed by atoms with van der Waals surface area (Å²) in [6.07, 6.45) is 4.40. The van der Waals surface area contributed by atoms with E-state index in [1.165, 1.54) is 5.56 Å². The molecular formula is C13H17N. The first-order chi connectivity index (χ1) is 6.62. The molecule has 1 aliphatic rings. The monoisotopic (exact) mass is 187 g/mol. The fraction of sp³-hybridized carbons (Fsp3) is 0.385. The molecular weight excluding hydrogens is 170 g/mol. The third-order valence-corrected chi connectivity index (χ3v) is 3.29. The molecule has 0 aliphatic heterocycles. The molecule has 0 amide bonds. The summed E-state index contributed by atoms with van der Waals surface area (Å²) >= 11 is 0. The summed E-state index contributed by atoms with van der Waals surface area (Å²) in [6.45, 7) is 4.44. The van der Waals surface area contributed by atoms with E-state index >= 15 is 0 Å². The van der Waals surface area contributed by atoms with Crippen molar-refractivity contribution in [3.8, 4) is 0 Å². The summed E-state index contributed by atoms with van der Waals surface area (Å²) in [5, 5.41) is 0. The molecule has 0 spiro atoms. The molecule has 0 unspecified atom stereocenters. The topological polar surface area (TPSA) is 26.0 Å². The smallest absolute Gasteiger partial charge is 0.0166 e. The van der Waals surface area contributed by atoms with E-state index in [2.05, 4.69) is 50.3 Å². The predicted octanol–water partition coefficient (Wildman–Crippen LogP) is 2.68. The van der Waals surface area contributed by atoms with Gasteiger partial charge in [0.25, 0.3) is 0 Å². The maximum absolute atomic E-state index is 5.96. The van der Waals surface area contributed by atoms with Crippen LogP contribution in [0.5, 0.6) is 0 Å². The minimum Gasteiger partial charge on any atom is -0.327 e. The molecule has 74 valence electrons. The third-order valence-electron chi connectivity index (χ3n) is 3.29. The summed E-state index contributed by atoms with van der Waals surface area (Å²) in [5.41, 5.74) is 7.51. The zero-order valence-electron chi connectivity index (χ0n) is 8.77. The van der Waals surface area contributed by atoms with Crippen LogP contribution in [0.15, 0.2) is 36.4 Å². The average Bonchev–Trinajstić information content (AvgIpc) is 2.65. The van der Waals surface area contributed by atoms with Gasteiger partial charge >= 0.3 is 0 Å². The normalized spacial score (nSPS) is 29.4. The highest BCUT2D eigenvalue weighted by Gasteiger charge is 2.53. The number of hydrogen-bond donors (Lipinski definition) is 1. The Hall–Kier alpha value is -1.08. The molecule has 0 aromatic heterocycles. The summed E-state index contributed by atoms with van der Waals surface area (Å²) in [6, 6.07) is 10.7. The van der Waals surface area contributed by atoms with Crippen molar-refractivity contribution in [2.75, 3.05) is 0 Å². The van der Waals surface area contributed by atoms with Gasteiger partial charge in [-0.2, -0.15) is 0 Å². The molecule has 1 saturated carbocycles. The van der Waals surface area contributed by atoms with Crippen LogP contribution in [0.4, 0.5) is 0 Å². The molecule has 1 fully saturated rings. The molecule has 1 aromatic rings. The van der Waals surface area contributed by atoms with Crippen LogP contribution >= 0.6 is 0 Å². The lowest BCUT2D eigenvalue weighted by atomic mass is 10.1. The van der Waals surface area contributed by atoms with E-state index in [0.717, 1.165) is 0 Å². The summed E-state index contributed by atoms with van der Waals surface area (Å²) < 4.78 is 0. The fourth-order valence-corrected chi connectivity index (χ4v) is 1.86. The zero-order valence-corrected chi connectivity index (χ0v) is 8.77. The van der Waals surface area contributed by atoms with Crippen molar-refractivity contribution in [2.24, 2.45) is 17.1 Å². The second-order valence-electron chi connectivity index (χ2n) is 4.64. The van der Waals surface area contributed by atoms with Crippen molar-refractivity contribution >= 4 is 6.08 Å². The fourth-order valence-electron chi connectivity index (χ4n) is 1.86. The second-order valence-corrected chi connectivity index (χ2v) is 4.64. The first kappa shape index (κ1) is 9.47. The van der Waals surface area contributed by atoms with Gasteiger partial charge in [-0.05, 0) is 16.9 Å². The molecule has 1 nitrogen and oxygen atoms in total. The van der Waals surface area contributed by atoms with Crippen molar-refractivity contribution in [3.05, 3.63) is 42.0 Å². The lowest BCUT2D eigenvalue weighted by Crippen LogP contribution is -2.06. The molecule has 0 heterocycles. The van der Waals surface area contributed by atoms with Crippen molar-refractivity contribution in [2.45, 2.75) is 19.9 Å². The summed E-state index contributed by atoms with van der Waals surface area (Å²) in [5.74, 6) is 0.544. The Morgan fingerprint density at radius 3 is 2.29 bits per heavy atom. The van der Waals surface area contributed by atoms with Gasteiger partial charge in [-0.3, -0.25) is 0 Å². The van der Waals surface area contributed by atoms with Crippen LogP contribution < -0.4 is 5.73 Å². The largest absolute Gasteiger partial charge is 0.327 e. The van der Waals surface area contributed by atoms with Gasteiger partial charge in [-0.15, -0.1) is 0 Å². The van der Waals surface area contributed by atoms with Crippen molar-refractivity contribution in [1.82, 2.24) is 0 Å². The van der Waals surface area contributed by atoms with Gasteiger partial charge in [0.1, 0.15) is 0 Å².